The topological polar surface area (TPSA) is 62.2 Å². The molecule has 1 amide bonds. The van der Waals surface area contributed by atoms with E-state index in [4.69, 9.17) is 9.47 Å². The van der Waals surface area contributed by atoms with Crippen LogP contribution in [0.25, 0.3) is 0 Å². The maximum atomic E-state index is 13.3. The Hall–Kier alpha value is -2.05. The van der Waals surface area contributed by atoms with Gasteiger partial charge in [-0.3, -0.25) is 9.69 Å². The van der Waals surface area contributed by atoms with E-state index in [9.17, 15) is 9.90 Å². The van der Waals surface area contributed by atoms with E-state index in [0.29, 0.717) is 0 Å². The van der Waals surface area contributed by atoms with Crippen LogP contribution in [0.15, 0.2) is 23.8 Å². The molecular formula is C31H40N2O4. The zero-order valence-electron chi connectivity index (χ0n) is 22.1. The molecule has 1 N–H and O–H groups in total. The van der Waals surface area contributed by atoms with Gasteiger partial charge >= 0.3 is 0 Å². The van der Waals surface area contributed by atoms with Gasteiger partial charge in [-0.05, 0) is 94.7 Å². The molecule has 6 nitrogen and oxygen atoms in total. The average molecular weight is 505 g/mol. The third-order valence-electron chi connectivity index (χ3n) is 11.6. The van der Waals surface area contributed by atoms with Crippen LogP contribution in [0.4, 0.5) is 0 Å². The number of methoxy groups -OCH3 is 1. The van der Waals surface area contributed by atoms with E-state index < -0.39 is 11.0 Å². The zero-order valence-corrected chi connectivity index (χ0v) is 22.1. The molecule has 3 aliphatic heterocycles. The SMILES string of the molecule is COc1ccc2c3c1O[C@H]1[C@@]4(CC/C4=C\C(=O)N4CCCCC4)CC[C@@]4(O)[C@@H](C2)N(CC2CC2)CC[C@]314. The van der Waals surface area contributed by atoms with Crippen molar-refractivity contribution in [2.45, 2.75) is 93.8 Å². The molecule has 2 spiro atoms. The normalized spacial score (nSPS) is 40.8. The van der Waals surface area contributed by atoms with Crippen LogP contribution >= 0.6 is 0 Å². The lowest BCUT2D eigenvalue weighted by Gasteiger charge is -2.68. The minimum atomic E-state index is -0.807. The summed E-state index contributed by atoms with van der Waals surface area (Å²) in [4.78, 5) is 18.0. The number of benzene rings is 1. The Labute approximate surface area is 220 Å². The van der Waals surface area contributed by atoms with Crippen molar-refractivity contribution in [3.05, 3.63) is 34.9 Å². The fraction of sp³-hybridized carbons (Fsp3) is 0.710. The third kappa shape index (κ3) is 2.87. The van der Waals surface area contributed by atoms with E-state index in [-0.39, 0.29) is 23.5 Å². The number of likely N-dealkylation sites (tertiary alicyclic amines) is 2. The van der Waals surface area contributed by atoms with Crippen LogP contribution in [-0.4, -0.2) is 71.8 Å². The van der Waals surface area contributed by atoms with Gasteiger partial charge in [0.05, 0.1) is 18.1 Å². The molecule has 5 atom stereocenters. The minimum absolute atomic E-state index is 0.135. The molecule has 3 heterocycles. The van der Waals surface area contributed by atoms with Crippen molar-refractivity contribution in [3.63, 3.8) is 0 Å². The van der Waals surface area contributed by atoms with Crippen LogP contribution in [0.2, 0.25) is 0 Å². The molecular weight excluding hydrogens is 464 g/mol. The highest BCUT2D eigenvalue weighted by Gasteiger charge is 2.77. The Morgan fingerprint density at radius 3 is 2.70 bits per heavy atom. The number of amides is 1. The van der Waals surface area contributed by atoms with Crippen LogP contribution in [0.1, 0.15) is 75.3 Å². The molecule has 3 saturated carbocycles. The van der Waals surface area contributed by atoms with Gasteiger partial charge in [-0.2, -0.15) is 0 Å². The van der Waals surface area contributed by atoms with Crippen molar-refractivity contribution < 1.29 is 19.4 Å². The molecule has 4 aliphatic carbocycles. The monoisotopic (exact) mass is 504 g/mol. The van der Waals surface area contributed by atoms with Crippen LogP contribution in [0.3, 0.4) is 0 Å². The lowest BCUT2D eigenvalue weighted by molar-refractivity contribution is -0.218. The predicted molar refractivity (Wildman–Crippen MR) is 140 cm³/mol. The highest BCUT2D eigenvalue weighted by Crippen LogP contribution is 2.73. The first-order valence-electron chi connectivity index (χ1n) is 14.8. The Balaban J connectivity index is 1.23. The Morgan fingerprint density at radius 1 is 1.14 bits per heavy atom. The quantitative estimate of drug-likeness (QED) is 0.629. The Kier molecular flexibility index (Phi) is 4.80. The molecule has 1 aromatic carbocycles. The van der Waals surface area contributed by atoms with E-state index >= 15 is 0 Å². The van der Waals surface area contributed by atoms with Crippen LogP contribution in [0.5, 0.6) is 11.5 Å². The maximum Gasteiger partial charge on any atom is 0.246 e. The lowest BCUT2D eigenvalue weighted by atomic mass is 9.40. The highest BCUT2D eigenvalue weighted by molar-refractivity contribution is 5.89. The first-order chi connectivity index (χ1) is 18.0. The number of nitrogens with zero attached hydrogens (tertiary/aromatic N) is 2. The van der Waals surface area contributed by atoms with E-state index in [1.807, 2.05) is 11.0 Å². The second kappa shape index (κ2) is 7.75. The van der Waals surface area contributed by atoms with Gasteiger partial charge in [0.15, 0.2) is 11.5 Å². The third-order valence-corrected chi connectivity index (χ3v) is 11.6. The smallest absolute Gasteiger partial charge is 0.246 e. The molecule has 0 unspecified atom stereocenters. The number of rotatable bonds is 4. The number of aliphatic hydroxyl groups is 1. The van der Waals surface area contributed by atoms with Crippen LogP contribution < -0.4 is 9.47 Å². The Morgan fingerprint density at radius 2 is 1.97 bits per heavy atom. The van der Waals surface area contributed by atoms with Gasteiger partial charge in [0.2, 0.25) is 5.91 Å². The molecule has 2 saturated heterocycles. The summed E-state index contributed by atoms with van der Waals surface area (Å²) in [6.45, 7) is 3.89. The summed E-state index contributed by atoms with van der Waals surface area (Å²) < 4.78 is 12.9. The van der Waals surface area contributed by atoms with Crippen molar-refractivity contribution in [1.82, 2.24) is 9.80 Å². The largest absolute Gasteiger partial charge is 0.493 e. The molecule has 7 aliphatic rings. The van der Waals surface area contributed by atoms with E-state index in [1.165, 1.54) is 36.0 Å². The molecule has 0 aromatic heterocycles. The number of piperidine rings is 2. The van der Waals surface area contributed by atoms with Gasteiger partial charge in [-0.15, -0.1) is 0 Å². The van der Waals surface area contributed by atoms with Gasteiger partial charge in [-0.25, -0.2) is 0 Å². The van der Waals surface area contributed by atoms with Crippen molar-refractivity contribution in [1.29, 1.82) is 0 Å². The highest BCUT2D eigenvalue weighted by atomic mass is 16.5. The summed E-state index contributed by atoms with van der Waals surface area (Å²) in [5.41, 5.74) is 2.42. The molecule has 198 valence electrons. The van der Waals surface area contributed by atoms with E-state index in [0.717, 1.165) is 95.0 Å². The van der Waals surface area contributed by atoms with Gasteiger partial charge in [0, 0.05) is 42.7 Å². The van der Waals surface area contributed by atoms with Crippen LogP contribution in [0, 0.1) is 11.3 Å². The number of hydrogen-bond donors (Lipinski definition) is 1. The molecule has 1 aromatic rings. The van der Waals surface area contributed by atoms with E-state index in [2.05, 4.69) is 17.0 Å². The van der Waals surface area contributed by atoms with Gasteiger partial charge in [0.25, 0.3) is 0 Å². The Bertz CT molecular complexity index is 1190. The van der Waals surface area contributed by atoms with E-state index in [1.54, 1.807) is 7.11 Å². The number of hydrogen-bond acceptors (Lipinski definition) is 5. The maximum absolute atomic E-state index is 13.3. The fourth-order valence-electron chi connectivity index (χ4n) is 9.50. The predicted octanol–water partition coefficient (Wildman–Crippen LogP) is 3.98. The fourth-order valence-corrected chi connectivity index (χ4v) is 9.50. The summed E-state index contributed by atoms with van der Waals surface area (Å²) in [7, 11) is 1.72. The molecule has 0 radical (unpaired) electrons. The first kappa shape index (κ1) is 22.9. The molecule has 6 heteroatoms. The lowest BCUT2D eigenvalue weighted by Crippen LogP contribution is -2.78. The summed E-state index contributed by atoms with van der Waals surface area (Å²) in [5.74, 6) is 2.64. The summed E-state index contributed by atoms with van der Waals surface area (Å²) in [6.07, 6.45) is 13.4. The van der Waals surface area contributed by atoms with Gasteiger partial charge in [-0.1, -0.05) is 11.6 Å². The number of carbonyl (C=O) groups excluding carboxylic acids is 1. The summed E-state index contributed by atoms with van der Waals surface area (Å²) >= 11 is 0. The summed E-state index contributed by atoms with van der Waals surface area (Å²) in [5, 5.41) is 12.8. The second-order valence-corrected chi connectivity index (χ2v) is 13.1. The minimum Gasteiger partial charge on any atom is -0.493 e. The number of carbonyl (C=O) groups is 1. The van der Waals surface area contributed by atoms with Gasteiger partial charge < -0.3 is 19.5 Å². The standard InChI is InChI=1S/C31H40N2O4/c1-36-23-8-7-21-17-24-31(35)12-11-29(10-9-22(29)18-25(34)32-14-3-2-4-15-32)28-30(31,26(21)27(23)37-28)13-16-33(24)19-20-5-6-20/h7-8,18,20,24,28,35H,2-6,9-17,19H2,1H3/b22-18+/t24-,28+,29+,30+,31-/m1/s1. The average Bonchev–Trinajstić information content (AvgIpc) is 3.66. The van der Waals surface area contributed by atoms with Crippen molar-refractivity contribution in [2.75, 3.05) is 33.3 Å². The van der Waals surface area contributed by atoms with Crippen LogP contribution in [-0.2, 0) is 16.6 Å². The zero-order chi connectivity index (χ0) is 25.0. The van der Waals surface area contributed by atoms with Crippen molar-refractivity contribution >= 4 is 5.91 Å². The second-order valence-electron chi connectivity index (χ2n) is 13.1. The molecule has 8 rings (SSSR count). The molecule has 5 fully saturated rings. The number of ether oxygens (including phenoxy) is 2. The van der Waals surface area contributed by atoms with Crippen molar-refractivity contribution in [2.24, 2.45) is 11.3 Å². The van der Waals surface area contributed by atoms with Gasteiger partial charge in [0.1, 0.15) is 6.10 Å². The van der Waals surface area contributed by atoms with Crippen molar-refractivity contribution in [3.8, 4) is 11.5 Å². The molecule has 37 heavy (non-hydrogen) atoms. The molecule has 2 bridgehead atoms. The number of fused-ring (bicyclic) bond motifs is 1. The summed E-state index contributed by atoms with van der Waals surface area (Å²) in [6, 6.07) is 4.44. The first-order valence-corrected chi connectivity index (χ1v) is 14.8.